The van der Waals surface area contributed by atoms with Crippen LogP contribution >= 0.6 is 23.5 Å². The third-order valence-corrected chi connectivity index (χ3v) is 11.4. The van der Waals surface area contributed by atoms with Crippen molar-refractivity contribution in [3.63, 3.8) is 0 Å². The first-order chi connectivity index (χ1) is 25.8. The molecule has 1 aromatic carbocycles. The lowest BCUT2D eigenvalue weighted by Gasteiger charge is -2.19. The molecule has 1 aliphatic heterocycles. The van der Waals surface area contributed by atoms with E-state index in [1.807, 2.05) is 0 Å². The van der Waals surface area contributed by atoms with Crippen molar-refractivity contribution in [2.75, 3.05) is 25.0 Å². The molecule has 0 aliphatic carbocycles. The lowest BCUT2D eigenvalue weighted by atomic mass is 10.1. The van der Waals surface area contributed by atoms with Crippen LogP contribution in [-0.4, -0.2) is 87.9 Å². The van der Waals surface area contributed by atoms with Gasteiger partial charge in [-0.1, -0.05) is 18.3 Å². The number of pyridine rings is 1. The van der Waals surface area contributed by atoms with Crippen molar-refractivity contribution in [1.29, 1.82) is 0 Å². The summed E-state index contributed by atoms with van der Waals surface area (Å²) in [6.07, 6.45) is 1.67. The van der Waals surface area contributed by atoms with Gasteiger partial charge in [0.05, 0.1) is 36.2 Å². The zero-order chi connectivity index (χ0) is 40.4. The Morgan fingerprint density at radius 2 is 1.84 bits per heavy atom. The zero-order valence-corrected chi connectivity index (χ0v) is 31.6. The molecule has 23 nitrogen and oxygen atoms in total. The molecular weight excluding hydrogens is 795 g/mol. The largest absolute Gasteiger partial charge is 0.490 e. The minimum Gasteiger partial charge on any atom is -0.390 e. The number of nitro groups is 1. The monoisotopic (exact) mass is 833 g/mol. The number of nitro benzene ring substituents is 1. The predicted molar refractivity (Wildman–Crippen MR) is 189 cm³/mol. The second kappa shape index (κ2) is 19.1. The first-order valence-corrected chi connectivity index (χ1v) is 20.8. The minimum absolute atomic E-state index is 0.00180. The number of carbonyl (C=O) groups is 2. The number of carbonyl (C=O) groups excluding carboxylic acids is 2. The van der Waals surface area contributed by atoms with Gasteiger partial charge < -0.3 is 45.4 Å². The van der Waals surface area contributed by atoms with Gasteiger partial charge in [-0.05, 0) is 31.0 Å². The number of rotatable bonds is 19. The van der Waals surface area contributed by atoms with Gasteiger partial charge in [-0.2, -0.15) is 8.62 Å². The maximum Gasteiger partial charge on any atom is 0.490 e. The van der Waals surface area contributed by atoms with E-state index < -0.39 is 53.4 Å². The van der Waals surface area contributed by atoms with E-state index in [0.717, 1.165) is 12.8 Å². The molecule has 5 atom stereocenters. The first-order valence-electron chi connectivity index (χ1n) is 16.3. The van der Waals surface area contributed by atoms with Crippen LogP contribution in [0.15, 0.2) is 36.8 Å². The number of nitrogens with zero attached hydrogens (tertiary/aromatic N) is 4. The van der Waals surface area contributed by atoms with Crippen LogP contribution in [0, 0.1) is 22.0 Å². The number of aliphatic hydroxyl groups is 1. The summed E-state index contributed by atoms with van der Waals surface area (Å²) in [4.78, 5) is 79.3. The van der Waals surface area contributed by atoms with Crippen molar-refractivity contribution in [2.45, 2.75) is 64.0 Å². The normalized spacial score (nSPS) is 19.1. The number of aromatic nitrogens is 3. The molecule has 1 aliphatic rings. The number of aliphatic hydroxyl groups excluding tert-OH is 1. The van der Waals surface area contributed by atoms with Gasteiger partial charge in [-0.15, -0.1) is 0 Å². The smallest absolute Gasteiger partial charge is 0.390 e. The van der Waals surface area contributed by atoms with Crippen LogP contribution in [-0.2, 0) is 47.7 Å². The average Bonchev–Trinajstić information content (AvgIpc) is 3.68. The molecule has 1 saturated heterocycles. The molecule has 300 valence electrons. The number of nitrogens with one attached hydrogen (secondary N) is 3. The molecule has 8 N–H and O–H groups in total. The standard InChI is InChI=1S/C29H38N7O16P3/c1-19(37)30-11-4-2-3-7-26(39)31-12-5-6-20-8-9-21(23(14-20)36(40)41)16-33-22-10-13-32-29-28(22)34-18-35(29)27-15-24(38)25(50-27)17-49-54(45,46)52-55(47,48)51-53(42,43)44/h8-10,13-14,18,24-25,27,38H,2-4,7,11-12,15-17H2,1H3,(H,30,37)(H,31,39)(H,32,33)(H,45,46)(H,47,48)(H2,42,43,44)/t24-,25-,27-/m1/s1. The Labute approximate surface area is 312 Å². The second-order valence-electron chi connectivity index (χ2n) is 11.8. The van der Waals surface area contributed by atoms with Crippen molar-refractivity contribution in [3.05, 3.63) is 58.0 Å². The van der Waals surface area contributed by atoms with Gasteiger partial charge in [0.1, 0.15) is 17.8 Å². The summed E-state index contributed by atoms with van der Waals surface area (Å²) >= 11 is 0. The van der Waals surface area contributed by atoms with E-state index in [-0.39, 0.29) is 42.7 Å². The van der Waals surface area contributed by atoms with Crippen LogP contribution in [0.3, 0.4) is 0 Å². The maximum absolute atomic E-state index is 12.1. The fourth-order valence-corrected chi connectivity index (χ4v) is 8.20. The van der Waals surface area contributed by atoms with Crippen molar-refractivity contribution in [3.8, 4) is 11.8 Å². The SMILES string of the molecule is CC(=O)NCCCCCC(=O)NCC#Cc1ccc(CNc2ccnc3c2ncn3[C@H]2C[C@@H](O)[C@@H](COP(=O)(O)OP(=O)(O)OP(=O)(O)O)O2)c([N+](=O)[O-])c1. The van der Waals surface area contributed by atoms with Gasteiger partial charge in [0.25, 0.3) is 5.69 Å². The van der Waals surface area contributed by atoms with E-state index >= 15 is 0 Å². The summed E-state index contributed by atoms with van der Waals surface area (Å²) in [6.45, 7) is 1.19. The number of fused-ring (bicyclic) bond motifs is 1. The quantitative estimate of drug-likeness (QED) is 0.0282. The van der Waals surface area contributed by atoms with E-state index in [2.05, 4.69) is 50.9 Å². The summed E-state index contributed by atoms with van der Waals surface area (Å²) < 4.78 is 53.6. The highest BCUT2D eigenvalue weighted by Crippen LogP contribution is 2.66. The van der Waals surface area contributed by atoms with Gasteiger partial charge in [0, 0.05) is 56.2 Å². The summed E-state index contributed by atoms with van der Waals surface area (Å²) in [6, 6.07) is 6.05. The number of anilines is 1. The molecule has 3 aromatic rings. The van der Waals surface area contributed by atoms with E-state index in [1.165, 1.54) is 30.1 Å². The number of unbranched alkanes of at least 4 members (excludes halogenated alkanes) is 2. The van der Waals surface area contributed by atoms with Gasteiger partial charge >= 0.3 is 23.5 Å². The predicted octanol–water partition coefficient (Wildman–Crippen LogP) is 2.11. The Morgan fingerprint density at radius 1 is 1.07 bits per heavy atom. The number of phosphoric ester groups is 1. The van der Waals surface area contributed by atoms with Crippen molar-refractivity contribution < 1.29 is 70.8 Å². The van der Waals surface area contributed by atoms with Gasteiger partial charge in [-0.3, -0.25) is 28.8 Å². The molecule has 1 fully saturated rings. The van der Waals surface area contributed by atoms with Crippen molar-refractivity contribution >= 4 is 57.8 Å². The second-order valence-corrected chi connectivity index (χ2v) is 16.2. The summed E-state index contributed by atoms with van der Waals surface area (Å²) in [5, 5.41) is 30.9. The molecule has 55 heavy (non-hydrogen) atoms. The lowest BCUT2D eigenvalue weighted by molar-refractivity contribution is -0.385. The van der Waals surface area contributed by atoms with Crippen LogP contribution in [0.2, 0.25) is 0 Å². The topological polar surface area (TPSA) is 333 Å². The number of imidazole rings is 1. The Morgan fingerprint density at radius 3 is 2.55 bits per heavy atom. The van der Waals surface area contributed by atoms with Gasteiger partial charge in [0.15, 0.2) is 5.65 Å². The Hall–Kier alpha value is -4.13. The van der Waals surface area contributed by atoms with Crippen molar-refractivity contribution in [1.82, 2.24) is 25.2 Å². The number of amides is 2. The molecule has 0 saturated carbocycles. The van der Waals surface area contributed by atoms with E-state index in [0.29, 0.717) is 41.7 Å². The zero-order valence-electron chi connectivity index (χ0n) is 28.9. The molecule has 0 spiro atoms. The number of hydrogen-bond donors (Lipinski definition) is 8. The maximum atomic E-state index is 12.1. The highest BCUT2D eigenvalue weighted by Gasteiger charge is 2.43. The molecule has 0 bridgehead atoms. The Bertz CT molecular complexity index is 2080. The number of benzene rings is 1. The van der Waals surface area contributed by atoms with E-state index in [9.17, 15) is 48.3 Å². The van der Waals surface area contributed by atoms with Crippen LogP contribution in [0.5, 0.6) is 0 Å². The van der Waals surface area contributed by atoms with Crippen LogP contribution < -0.4 is 16.0 Å². The summed E-state index contributed by atoms with van der Waals surface area (Å²) in [7, 11) is -16.8. The molecule has 3 heterocycles. The van der Waals surface area contributed by atoms with E-state index in [4.69, 9.17) is 14.5 Å². The third kappa shape index (κ3) is 13.8. The van der Waals surface area contributed by atoms with Crippen molar-refractivity contribution in [2.24, 2.45) is 0 Å². The number of hydrogen-bond acceptors (Lipinski definition) is 15. The molecule has 0 radical (unpaired) electrons. The summed E-state index contributed by atoms with van der Waals surface area (Å²) in [5.41, 5.74) is 1.53. The molecular formula is C29H38N7O16P3. The van der Waals surface area contributed by atoms with Gasteiger partial charge in [0.2, 0.25) is 11.8 Å². The van der Waals surface area contributed by atoms with Gasteiger partial charge in [-0.25, -0.2) is 23.7 Å². The minimum atomic E-state index is -5.73. The van der Waals surface area contributed by atoms with Crippen LogP contribution in [0.1, 0.15) is 56.4 Å². The lowest BCUT2D eigenvalue weighted by Crippen LogP contribution is -2.26. The number of ether oxygens (including phenoxy) is 1. The fraction of sp³-hybridized carbons (Fsp3) is 0.448. The molecule has 2 aromatic heterocycles. The highest BCUT2D eigenvalue weighted by atomic mass is 31.3. The molecule has 2 unspecified atom stereocenters. The summed E-state index contributed by atoms with van der Waals surface area (Å²) in [5.74, 6) is 5.31. The third-order valence-electron chi connectivity index (χ3n) is 7.61. The van der Waals surface area contributed by atoms with Crippen LogP contribution in [0.4, 0.5) is 11.4 Å². The Kier molecular flexibility index (Phi) is 15.2. The fourth-order valence-electron chi connectivity index (χ4n) is 5.17. The highest BCUT2D eigenvalue weighted by molar-refractivity contribution is 7.66. The molecule has 4 rings (SSSR count). The first kappa shape index (κ1) is 43.6. The van der Waals surface area contributed by atoms with Crippen LogP contribution in [0.25, 0.3) is 11.2 Å². The molecule has 26 heteroatoms. The number of phosphoric acid groups is 3. The molecule has 2 amide bonds. The average molecular weight is 834 g/mol. The Balaban J connectivity index is 1.33. The van der Waals surface area contributed by atoms with E-state index in [1.54, 1.807) is 18.2 Å².